The third kappa shape index (κ3) is 3.08. The second kappa shape index (κ2) is 6.63. The minimum Gasteiger partial charge on any atom is -0.339 e. The Hall–Kier alpha value is -2.15. The molecule has 0 spiro atoms. The number of anilines is 1. The van der Waals surface area contributed by atoms with Gasteiger partial charge in [-0.05, 0) is 56.0 Å². The van der Waals surface area contributed by atoms with Crippen molar-refractivity contribution >= 4 is 17.6 Å². The highest BCUT2D eigenvalue weighted by atomic mass is 19.1. The topological polar surface area (TPSA) is 64.7 Å². The number of fused-ring (bicyclic) bond motifs is 1. The Morgan fingerprint density at radius 3 is 2.48 bits per heavy atom. The molecule has 3 amide bonds. The number of urea groups is 1. The molecule has 3 aliphatic rings. The molecule has 4 rings (SSSR count). The van der Waals surface area contributed by atoms with Crippen molar-refractivity contribution < 1.29 is 14.0 Å². The molecule has 0 bridgehead atoms. The van der Waals surface area contributed by atoms with Crippen molar-refractivity contribution in [3.05, 3.63) is 29.6 Å². The maximum absolute atomic E-state index is 14.3. The number of benzene rings is 1. The highest BCUT2D eigenvalue weighted by Crippen LogP contribution is 2.28. The van der Waals surface area contributed by atoms with E-state index in [1.165, 1.54) is 17.0 Å². The monoisotopic (exact) mass is 346 g/mol. The van der Waals surface area contributed by atoms with Crippen LogP contribution in [-0.4, -0.2) is 56.1 Å². The quantitative estimate of drug-likeness (QED) is 0.851. The number of nitrogens with zero attached hydrogens (tertiary/aromatic N) is 2. The normalized spacial score (nSPS) is 26.4. The molecule has 0 saturated carbocycles. The van der Waals surface area contributed by atoms with E-state index in [4.69, 9.17) is 0 Å². The number of amides is 3. The maximum atomic E-state index is 14.3. The van der Waals surface area contributed by atoms with Gasteiger partial charge in [0.25, 0.3) is 5.91 Å². The van der Waals surface area contributed by atoms with Crippen molar-refractivity contribution in [3.63, 3.8) is 0 Å². The molecule has 1 aromatic carbocycles. The molecule has 7 heteroatoms. The largest absolute Gasteiger partial charge is 0.339 e. The van der Waals surface area contributed by atoms with Crippen molar-refractivity contribution in [2.45, 2.75) is 12.8 Å². The first kappa shape index (κ1) is 16.3. The van der Waals surface area contributed by atoms with Gasteiger partial charge in [-0.25, -0.2) is 9.18 Å². The molecule has 3 aliphatic heterocycles. The summed E-state index contributed by atoms with van der Waals surface area (Å²) >= 11 is 0. The van der Waals surface area contributed by atoms with E-state index in [0.29, 0.717) is 43.7 Å². The van der Waals surface area contributed by atoms with Gasteiger partial charge in [0.15, 0.2) is 0 Å². The molecule has 3 heterocycles. The van der Waals surface area contributed by atoms with Gasteiger partial charge in [-0.1, -0.05) is 0 Å². The van der Waals surface area contributed by atoms with Crippen LogP contribution in [0.3, 0.4) is 0 Å². The lowest BCUT2D eigenvalue weighted by atomic mass is 9.92. The number of halogens is 1. The highest BCUT2D eigenvalue weighted by molar-refractivity contribution is 5.98. The molecule has 6 nitrogen and oxygen atoms in total. The fourth-order valence-electron chi connectivity index (χ4n) is 4.15. The van der Waals surface area contributed by atoms with Crippen LogP contribution in [0, 0.1) is 17.7 Å². The first-order valence-electron chi connectivity index (χ1n) is 8.98. The van der Waals surface area contributed by atoms with Gasteiger partial charge in [-0.3, -0.25) is 9.69 Å². The molecule has 2 N–H and O–H groups in total. The lowest BCUT2D eigenvalue weighted by molar-refractivity contribution is 0.0754. The molecule has 0 aromatic heterocycles. The first-order valence-corrected chi connectivity index (χ1v) is 8.98. The predicted molar refractivity (Wildman–Crippen MR) is 92.1 cm³/mol. The van der Waals surface area contributed by atoms with Crippen molar-refractivity contribution in [1.82, 2.24) is 15.5 Å². The van der Waals surface area contributed by atoms with Crippen LogP contribution in [-0.2, 0) is 0 Å². The summed E-state index contributed by atoms with van der Waals surface area (Å²) in [7, 11) is 0. The van der Waals surface area contributed by atoms with Gasteiger partial charge in [-0.2, -0.15) is 0 Å². The molecule has 134 valence electrons. The van der Waals surface area contributed by atoms with E-state index in [9.17, 15) is 14.0 Å². The molecule has 0 radical (unpaired) electrons. The van der Waals surface area contributed by atoms with E-state index < -0.39 is 5.82 Å². The fourth-order valence-corrected chi connectivity index (χ4v) is 4.15. The number of nitrogens with one attached hydrogen (secondary N) is 2. The second-order valence-electron chi connectivity index (χ2n) is 7.10. The lowest BCUT2D eigenvalue weighted by Gasteiger charge is -2.22. The standard InChI is InChI=1S/C18H23FN4O2/c19-16-2-1-14(23-8-5-21-18(23)25)9-15(16)17(24)22-6-3-12-10-20-11-13(12)4-7-22/h1-2,9,12-13,20H,3-8,10-11H2,(H,21,25)/t12-,13+. The van der Waals surface area contributed by atoms with Crippen molar-refractivity contribution in [1.29, 1.82) is 0 Å². The molecule has 2 atom stereocenters. The van der Waals surface area contributed by atoms with E-state index in [1.54, 1.807) is 11.0 Å². The van der Waals surface area contributed by atoms with Crippen molar-refractivity contribution in [3.8, 4) is 0 Å². The third-order valence-corrected chi connectivity index (χ3v) is 5.66. The van der Waals surface area contributed by atoms with Gasteiger partial charge in [-0.15, -0.1) is 0 Å². The zero-order valence-electron chi connectivity index (χ0n) is 14.1. The van der Waals surface area contributed by atoms with E-state index >= 15 is 0 Å². The van der Waals surface area contributed by atoms with Crippen LogP contribution in [0.15, 0.2) is 18.2 Å². The van der Waals surface area contributed by atoms with Gasteiger partial charge in [0, 0.05) is 31.9 Å². The van der Waals surface area contributed by atoms with Crippen LogP contribution in [0.1, 0.15) is 23.2 Å². The van der Waals surface area contributed by atoms with Gasteiger partial charge < -0.3 is 15.5 Å². The van der Waals surface area contributed by atoms with Crippen LogP contribution >= 0.6 is 0 Å². The average molecular weight is 346 g/mol. The minimum atomic E-state index is -0.528. The van der Waals surface area contributed by atoms with Gasteiger partial charge >= 0.3 is 6.03 Å². The molecule has 1 aromatic rings. The predicted octanol–water partition coefficient (Wildman–Crippen LogP) is 1.43. The Morgan fingerprint density at radius 1 is 1.12 bits per heavy atom. The summed E-state index contributed by atoms with van der Waals surface area (Å²) in [5, 5.41) is 6.13. The number of carbonyl (C=O) groups is 2. The Kier molecular flexibility index (Phi) is 4.33. The Bertz CT molecular complexity index is 682. The zero-order chi connectivity index (χ0) is 17.4. The number of carbonyl (C=O) groups excluding carboxylic acids is 2. The van der Waals surface area contributed by atoms with E-state index in [0.717, 1.165) is 25.9 Å². The Balaban J connectivity index is 1.54. The zero-order valence-corrected chi connectivity index (χ0v) is 14.1. The van der Waals surface area contributed by atoms with Crippen molar-refractivity contribution in [2.75, 3.05) is 44.2 Å². The van der Waals surface area contributed by atoms with Crippen LogP contribution in [0.4, 0.5) is 14.9 Å². The lowest BCUT2D eigenvalue weighted by Crippen LogP contribution is -2.34. The number of rotatable bonds is 2. The molecular formula is C18H23FN4O2. The fraction of sp³-hybridized carbons (Fsp3) is 0.556. The summed E-state index contributed by atoms with van der Waals surface area (Å²) in [6, 6.07) is 4.14. The van der Waals surface area contributed by atoms with Crippen LogP contribution < -0.4 is 15.5 Å². The summed E-state index contributed by atoms with van der Waals surface area (Å²) in [4.78, 5) is 28.0. The molecule has 0 aliphatic carbocycles. The van der Waals surface area contributed by atoms with E-state index in [1.807, 2.05) is 0 Å². The van der Waals surface area contributed by atoms with Crippen LogP contribution in [0.25, 0.3) is 0 Å². The van der Waals surface area contributed by atoms with Crippen LogP contribution in [0.2, 0.25) is 0 Å². The number of hydrogen-bond acceptors (Lipinski definition) is 3. The highest BCUT2D eigenvalue weighted by Gasteiger charge is 2.32. The first-order chi connectivity index (χ1) is 12.1. The molecule has 25 heavy (non-hydrogen) atoms. The SMILES string of the molecule is O=C(c1cc(N2CCNC2=O)ccc1F)N1CC[C@@H]2CNC[C@@H]2CC1. The Morgan fingerprint density at radius 2 is 1.84 bits per heavy atom. The summed E-state index contributed by atoms with van der Waals surface area (Å²) in [6.07, 6.45) is 1.92. The van der Waals surface area contributed by atoms with Gasteiger partial charge in [0.05, 0.1) is 5.56 Å². The van der Waals surface area contributed by atoms with Gasteiger partial charge in [0.2, 0.25) is 0 Å². The van der Waals surface area contributed by atoms with Gasteiger partial charge in [0.1, 0.15) is 5.82 Å². The molecule has 3 saturated heterocycles. The number of likely N-dealkylation sites (tertiary alicyclic amines) is 1. The third-order valence-electron chi connectivity index (χ3n) is 5.66. The minimum absolute atomic E-state index is 0.0578. The summed E-state index contributed by atoms with van der Waals surface area (Å²) < 4.78 is 14.3. The molecular weight excluding hydrogens is 323 g/mol. The average Bonchev–Trinajstić information content (AvgIpc) is 3.19. The van der Waals surface area contributed by atoms with E-state index in [2.05, 4.69) is 10.6 Å². The molecule has 3 fully saturated rings. The smallest absolute Gasteiger partial charge is 0.321 e. The van der Waals surface area contributed by atoms with Crippen molar-refractivity contribution in [2.24, 2.45) is 11.8 Å². The second-order valence-corrected chi connectivity index (χ2v) is 7.10. The summed E-state index contributed by atoms with van der Waals surface area (Å²) in [6.45, 7) is 4.44. The Labute approximate surface area is 146 Å². The maximum Gasteiger partial charge on any atom is 0.321 e. The summed E-state index contributed by atoms with van der Waals surface area (Å²) in [5.41, 5.74) is 0.623. The summed E-state index contributed by atoms with van der Waals surface area (Å²) in [5.74, 6) is 0.427. The molecule has 0 unspecified atom stereocenters. The number of hydrogen-bond donors (Lipinski definition) is 2. The van der Waals surface area contributed by atoms with E-state index in [-0.39, 0.29) is 17.5 Å². The van der Waals surface area contributed by atoms with Crippen LogP contribution in [0.5, 0.6) is 0 Å².